The monoisotopic (exact) mass is 296 g/mol. The Labute approximate surface area is 116 Å². The Balaban J connectivity index is 2.33. The lowest BCUT2D eigenvalue weighted by Crippen LogP contribution is -2.32. The molecule has 0 spiro atoms. The summed E-state index contributed by atoms with van der Waals surface area (Å²) in [4.78, 5) is 48.6. The third-order valence-corrected chi connectivity index (χ3v) is 2.69. The van der Waals surface area contributed by atoms with Crippen LogP contribution in [0.1, 0.15) is 23.2 Å². The minimum atomic E-state index is -1.38. The van der Waals surface area contributed by atoms with E-state index in [9.17, 15) is 34.7 Å². The predicted molar refractivity (Wildman–Crippen MR) is 62.9 cm³/mol. The number of nitrogens with zero attached hydrogens (tertiary/aromatic N) is 2. The van der Waals surface area contributed by atoms with Crippen molar-refractivity contribution >= 4 is 23.5 Å². The number of carbonyl (C=O) groups is 3. The van der Waals surface area contributed by atoms with Crippen molar-refractivity contribution in [2.75, 3.05) is 0 Å². The molecule has 0 saturated carbocycles. The maximum atomic E-state index is 11.8. The standard InChI is InChI=1S/C11H8N2O8/c14-7-4-5(13(19)20)3-6(10(7)17)11(18)21-12-8(15)1-2-9(12)16/h3-4,14,17H,1-2H2. The van der Waals surface area contributed by atoms with E-state index in [1.807, 2.05) is 0 Å². The summed E-state index contributed by atoms with van der Waals surface area (Å²) in [6.45, 7) is 0. The highest BCUT2D eigenvalue weighted by Gasteiger charge is 2.34. The Morgan fingerprint density at radius 3 is 2.33 bits per heavy atom. The summed E-state index contributed by atoms with van der Waals surface area (Å²) < 4.78 is 0. The number of benzene rings is 1. The minimum Gasteiger partial charge on any atom is -0.504 e. The average molecular weight is 296 g/mol. The van der Waals surface area contributed by atoms with Crippen molar-refractivity contribution in [3.8, 4) is 11.5 Å². The summed E-state index contributed by atoms with van der Waals surface area (Å²) in [5, 5.41) is 29.7. The van der Waals surface area contributed by atoms with Gasteiger partial charge in [0.05, 0.1) is 11.0 Å². The number of hydrogen-bond donors (Lipinski definition) is 2. The fourth-order valence-electron chi connectivity index (χ4n) is 1.66. The number of non-ortho nitro benzene ring substituents is 1. The molecule has 21 heavy (non-hydrogen) atoms. The Bertz CT molecular complexity index is 652. The number of nitro benzene ring substituents is 1. The van der Waals surface area contributed by atoms with Crippen LogP contribution < -0.4 is 0 Å². The first-order valence-electron chi connectivity index (χ1n) is 5.59. The molecule has 10 nitrogen and oxygen atoms in total. The van der Waals surface area contributed by atoms with Crippen LogP contribution in [-0.2, 0) is 14.4 Å². The van der Waals surface area contributed by atoms with Crippen molar-refractivity contribution in [2.24, 2.45) is 0 Å². The van der Waals surface area contributed by atoms with Crippen LogP contribution in [0.15, 0.2) is 12.1 Å². The quantitative estimate of drug-likeness (QED) is 0.348. The number of rotatable bonds is 3. The third-order valence-electron chi connectivity index (χ3n) is 2.69. The van der Waals surface area contributed by atoms with E-state index in [-0.39, 0.29) is 17.9 Å². The summed E-state index contributed by atoms with van der Waals surface area (Å²) in [7, 11) is 0. The fraction of sp³-hybridized carbons (Fsp3) is 0.182. The van der Waals surface area contributed by atoms with E-state index >= 15 is 0 Å². The number of hydrogen-bond acceptors (Lipinski definition) is 8. The lowest BCUT2D eigenvalue weighted by Gasteiger charge is -2.13. The van der Waals surface area contributed by atoms with Crippen molar-refractivity contribution < 1.29 is 34.4 Å². The molecule has 1 saturated heterocycles. The Morgan fingerprint density at radius 2 is 1.81 bits per heavy atom. The molecular weight excluding hydrogens is 288 g/mol. The SMILES string of the molecule is O=C(ON1C(=O)CCC1=O)c1cc([N+](=O)[O-])cc(O)c1O. The van der Waals surface area contributed by atoms with Gasteiger partial charge in [-0.3, -0.25) is 19.7 Å². The molecule has 0 radical (unpaired) electrons. The Morgan fingerprint density at radius 1 is 1.24 bits per heavy atom. The smallest absolute Gasteiger partial charge is 0.368 e. The van der Waals surface area contributed by atoms with Crippen LogP contribution in [0.25, 0.3) is 0 Å². The first-order valence-corrected chi connectivity index (χ1v) is 5.59. The molecule has 0 atom stereocenters. The van der Waals surface area contributed by atoms with Crippen molar-refractivity contribution in [1.29, 1.82) is 0 Å². The number of phenolic OH excluding ortho intramolecular Hbond substituents is 2. The molecule has 0 bridgehead atoms. The normalized spacial score (nSPS) is 14.4. The van der Waals surface area contributed by atoms with Crippen molar-refractivity contribution in [1.82, 2.24) is 5.06 Å². The molecule has 10 heteroatoms. The van der Waals surface area contributed by atoms with E-state index in [1.165, 1.54) is 0 Å². The van der Waals surface area contributed by atoms with Crippen molar-refractivity contribution in [3.63, 3.8) is 0 Å². The van der Waals surface area contributed by atoms with Gasteiger partial charge in [0, 0.05) is 18.9 Å². The number of hydroxylamine groups is 2. The van der Waals surface area contributed by atoms with Gasteiger partial charge in [-0.1, -0.05) is 0 Å². The van der Waals surface area contributed by atoms with Gasteiger partial charge in [0.15, 0.2) is 11.5 Å². The molecule has 2 amide bonds. The van der Waals surface area contributed by atoms with Crippen LogP contribution in [0, 0.1) is 10.1 Å². The predicted octanol–water partition coefficient (Wildman–Crippen LogP) is 0.227. The van der Waals surface area contributed by atoms with Gasteiger partial charge in [-0.05, 0) is 0 Å². The van der Waals surface area contributed by atoms with Gasteiger partial charge in [-0.25, -0.2) is 4.79 Å². The summed E-state index contributed by atoms with van der Waals surface area (Å²) >= 11 is 0. The van der Waals surface area contributed by atoms with E-state index in [2.05, 4.69) is 4.84 Å². The zero-order valence-electron chi connectivity index (χ0n) is 10.3. The van der Waals surface area contributed by atoms with Gasteiger partial charge < -0.3 is 15.1 Å². The van der Waals surface area contributed by atoms with E-state index in [0.29, 0.717) is 12.1 Å². The second kappa shape index (κ2) is 5.07. The molecule has 0 aromatic heterocycles. The average Bonchev–Trinajstić information content (AvgIpc) is 2.73. The van der Waals surface area contributed by atoms with Gasteiger partial charge in [-0.15, -0.1) is 5.06 Å². The number of phenols is 2. The van der Waals surface area contributed by atoms with E-state index < -0.39 is 45.5 Å². The number of imide groups is 1. The van der Waals surface area contributed by atoms with E-state index in [0.717, 1.165) is 0 Å². The molecular formula is C11H8N2O8. The molecule has 2 N–H and O–H groups in total. The highest BCUT2D eigenvalue weighted by atomic mass is 16.7. The molecule has 1 aliphatic heterocycles. The lowest BCUT2D eigenvalue weighted by atomic mass is 10.1. The Kier molecular flexibility index (Phi) is 3.44. The highest BCUT2D eigenvalue weighted by Crippen LogP contribution is 2.34. The topological polar surface area (TPSA) is 147 Å². The molecule has 1 heterocycles. The van der Waals surface area contributed by atoms with Crippen molar-refractivity contribution in [2.45, 2.75) is 12.8 Å². The Hall–Kier alpha value is -3.17. The zero-order chi connectivity index (χ0) is 15.7. The second-order valence-corrected chi connectivity index (χ2v) is 4.08. The highest BCUT2D eigenvalue weighted by molar-refractivity contribution is 6.03. The van der Waals surface area contributed by atoms with Crippen LogP contribution in [0.2, 0.25) is 0 Å². The summed E-state index contributed by atoms with van der Waals surface area (Å²) in [5.74, 6) is -4.74. The largest absolute Gasteiger partial charge is 0.504 e. The zero-order valence-corrected chi connectivity index (χ0v) is 10.3. The second-order valence-electron chi connectivity index (χ2n) is 4.08. The summed E-state index contributed by atoms with van der Waals surface area (Å²) in [6, 6.07) is 1.29. The van der Waals surface area contributed by atoms with E-state index in [4.69, 9.17) is 0 Å². The number of nitro groups is 1. The molecule has 110 valence electrons. The first kappa shape index (κ1) is 14.2. The van der Waals surface area contributed by atoms with Gasteiger partial charge >= 0.3 is 5.97 Å². The molecule has 1 aliphatic rings. The molecule has 0 aliphatic carbocycles. The lowest BCUT2D eigenvalue weighted by molar-refractivity contribution is -0.385. The van der Waals surface area contributed by atoms with Crippen LogP contribution in [0.4, 0.5) is 5.69 Å². The van der Waals surface area contributed by atoms with Gasteiger partial charge in [-0.2, -0.15) is 0 Å². The van der Waals surface area contributed by atoms with Crippen LogP contribution in [0.3, 0.4) is 0 Å². The minimum absolute atomic E-state index is 0.127. The van der Waals surface area contributed by atoms with Crippen LogP contribution in [0.5, 0.6) is 11.5 Å². The van der Waals surface area contributed by atoms with Gasteiger partial charge in [0.2, 0.25) is 0 Å². The summed E-state index contributed by atoms with van der Waals surface area (Å²) in [5.41, 5.74) is -1.41. The molecule has 1 aromatic rings. The summed E-state index contributed by atoms with van der Waals surface area (Å²) in [6.07, 6.45) is -0.253. The molecule has 1 fully saturated rings. The third kappa shape index (κ3) is 2.59. The number of aromatic hydroxyl groups is 2. The van der Waals surface area contributed by atoms with Gasteiger partial charge in [0.25, 0.3) is 17.5 Å². The fourth-order valence-corrected chi connectivity index (χ4v) is 1.66. The molecule has 1 aromatic carbocycles. The maximum absolute atomic E-state index is 11.8. The van der Waals surface area contributed by atoms with Crippen molar-refractivity contribution in [3.05, 3.63) is 27.8 Å². The van der Waals surface area contributed by atoms with E-state index in [1.54, 1.807) is 0 Å². The van der Waals surface area contributed by atoms with Gasteiger partial charge in [0.1, 0.15) is 5.56 Å². The first-order chi connectivity index (χ1) is 9.81. The number of amides is 2. The van der Waals surface area contributed by atoms with Crippen LogP contribution in [-0.4, -0.2) is 38.0 Å². The maximum Gasteiger partial charge on any atom is 0.368 e. The molecule has 0 unspecified atom stereocenters. The number of carbonyl (C=O) groups excluding carboxylic acids is 3. The van der Waals surface area contributed by atoms with Crippen LogP contribution >= 0.6 is 0 Å². The molecule has 2 rings (SSSR count).